The van der Waals surface area contributed by atoms with Crippen molar-refractivity contribution in [2.75, 3.05) is 0 Å². The maximum Gasteiger partial charge on any atom is 0.407 e. The lowest BCUT2D eigenvalue weighted by molar-refractivity contribution is 0.0523. The van der Waals surface area contributed by atoms with Crippen molar-refractivity contribution in [3.05, 3.63) is 23.4 Å². The van der Waals surface area contributed by atoms with Crippen LogP contribution in [0.4, 0.5) is 4.79 Å². The van der Waals surface area contributed by atoms with Crippen LogP contribution in [0.1, 0.15) is 52.8 Å². The van der Waals surface area contributed by atoms with Gasteiger partial charge in [0, 0.05) is 17.0 Å². The first-order valence-corrected chi connectivity index (χ1v) is 7.90. The number of carbonyl (C=O) groups is 1. The number of nitrogens with one attached hydrogen (secondary N) is 1. The fraction of sp³-hybridized carbons (Fsp3) is 0.625. The first-order chi connectivity index (χ1) is 9.46. The highest BCUT2D eigenvalue weighted by Gasteiger charge is 2.17. The van der Waals surface area contributed by atoms with Crippen LogP contribution in [0.5, 0.6) is 0 Å². The van der Waals surface area contributed by atoms with Crippen LogP contribution in [0, 0.1) is 6.92 Å². The molecule has 1 N–H and O–H groups in total. The molecule has 0 fully saturated rings. The number of ether oxygens (including phenoxy) is 1. The van der Waals surface area contributed by atoms with Crippen LogP contribution in [-0.4, -0.2) is 21.4 Å². The van der Waals surface area contributed by atoms with Crippen molar-refractivity contribution in [1.82, 2.24) is 10.3 Å². The third-order valence-corrected chi connectivity index (χ3v) is 3.45. The number of aryl methyl sites for hydroxylation is 1. The molecule has 0 radical (unpaired) electrons. The summed E-state index contributed by atoms with van der Waals surface area (Å²) in [5.74, 6) is 0. The molecule has 1 amide bonds. The van der Waals surface area contributed by atoms with E-state index in [1.807, 2.05) is 39.8 Å². The van der Waals surface area contributed by atoms with Crippen molar-refractivity contribution < 1.29 is 9.53 Å². The van der Waals surface area contributed by atoms with Gasteiger partial charge in [-0.3, -0.25) is 0 Å². The van der Waals surface area contributed by atoms with Gasteiger partial charge in [0.25, 0.3) is 0 Å². The molecule has 118 valence electrons. The van der Waals surface area contributed by atoms with Gasteiger partial charge in [0.1, 0.15) is 5.60 Å². The van der Waals surface area contributed by atoms with E-state index in [9.17, 15) is 4.79 Å². The van der Waals surface area contributed by atoms with Crippen LogP contribution >= 0.6 is 11.8 Å². The largest absolute Gasteiger partial charge is 0.444 e. The summed E-state index contributed by atoms with van der Waals surface area (Å²) < 4.78 is 5.35. The van der Waals surface area contributed by atoms with Crippen molar-refractivity contribution in [2.45, 2.75) is 70.4 Å². The second-order valence-electron chi connectivity index (χ2n) is 6.96. The van der Waals surface area contributed by atoms with E-state index in [2.05, 4.69) is 31.1 Å². The van der Waals surface area contributed by atoms with Gasteiger partial charge in [-0.05, 0) is 39.3 Å². The van der Waals surface area contributed by atoms with E-state index in [1.54, 1.807) is 11.8 Å². The molecule has 1 heterocycles. The molecular weight excluding hydrogens is 284 g/mol. The summed E-state index contributed by atoms with van der Waals surface area (Å²) in [5, 5.41) is 3.76. The lowest BCUT2D eigenvalue weighted by Gasteiger charge is -2.20. The molecule has 4 nitrogen and oxygen atoms in total. The zero-order chi connectivity index (χ0) is 16.3. The summed E-state index contributed by atoms with van der Waals surface area (Å²) in [6.45, 7) is 14.4. The molecule has 0 aliphatic rings. The molecule has 1 aromatic rings. The standard InChI is InChI=1S/C16H26N2O2S/c1-11-12(10-17-14(19)20-15(2,3)4)8-9-13(18-11)21-16(5,6)7/h8-9H,10H2,1-7H3,(H,17,19). The lowest BCUT2D eigenvalue weighted by atomic mass is 10.2. The fourth-order valence-corrected chi connectivity index (χ4v) is 2.55. The van der Waals surface area contributed by atoms with Gasteiger partial charge in [-0.15, -0.1) is 11.8 Å². The normalized spacial score (nSPS) is 12.1. The average molecular weight is 310 g/mol. The minimum absolute atomic E-state index is 0.135. The maximum atomic E-state index is 11.6. The van der Waals surface area contributed by atoms with Crippen molar-refractivity contribution in [3.8, 4) is 0 Å². The Morgan fingerprint density at radius 1 is 1.24 bits per heavy atom. The SMILES string of the molecule is Cc1nc(SC(C)(C)C)ccc1CNC(=O)OC(C)(C)C. The number of hydrogen-bond acceptors (Lipinski definition) is 4. The van der Waals surface area contributed by atoms with Gasteiger partial charge in [-0.2, -0.15) is 0 Å². The average Bonchev–Trinajstić information content (AvgIpc) is 2.23. The Kier molecular flexibility index (Phi) is 5.68. The van der Waals surface area contributed by atoms with Crippen LogP contribution in [0.3, 0.4) is 0 Å². The molecule has 0 saturated heterocycles. The van der Waals surface area contributed by atoms with Crippen molar-refractivity contribution in [1.29, 1.82) is 0 Å². The van der Waals surface area contributed by atoms with Crippen molar-refractivity contribution in [3.63, 3.8) is 0 Å². The Hall–Kier alpha value is -1.23. The Morgan fingerprint density at radius 2 is 1.86 bits per heavy atom. The van der Waals surface area contributed by atoms with E-state index in [-0.39, 0.29) is 4.75 Å². The molecule has 0 aliphatic heterocycles. The Labute approximate surface area is 132 Å². The highest BCUT2D eigenvalue weighted by molar-refractivity contribution is 8.00. The molecule has 0 atom stereocenters. The van der Waals surface area contributed by atoms with Crippen LogP contribution in [0.15, 0.2) is 17.2 Å². The van der Waals surface area contributed by atoms with E-state index in [1.165, 1.54) is 0 Å². The van der Waals surface area contributed by atoms with E-state index < -0.39 is 11.7 Å². The number of amides is 1. The highest BCUT2D eigenvalue weighted by Crippen LogP contribution is 2.30. The molecule has 0 unspecified atom stereocenters. The molecule has 0 aliphatic carbocycles. The first-order valence-electron chi connectivity index (χ1n) is 7.09. The second-order valence-corrected chi connectivity index (χ2v) is 8.81. The van der Waals surface area contributed by atoms with E-state index in [4.69, 9.17) is 4.74 Å². The minimum atomic E-state index is -0.482. The summed E-state index contributed by atoms with van der Waals surface area (Å²) in [5.41, 5.74) is 1.45. The van der Waals surface area contributed by atoms with E-state index >= 15 is 0 Å². The third kappa shape index (κ3) is 7.37. The number of rotatable bonds is 3. The van der Waals surface area contributed by atoms with Gasteiger partial charge in [-0.1, -0.05) is 26.8 Å². The number of nitrogens with zero attached hydrogens (tertiary/aromatic N) is 1. The number of alkyl carbamates (subject to hydrolysis) is 1. The van der Waals surface area contributed by atoms with Crippen LogP contribution in [0.2, 0.25) is 0 Å². The summed E-state index contributed by atoms with van der Waals surface area (Å²) in [6, 6.07) is 4.00. The monoisotopic (exact) mass is 310 g/mol. The minimum Gasteiger partial charge on any atom is -0.444 e. The summed E-state index contributed by atoms with van der Waals surface area (Å²) in [6.07, 6.45) is -0.407. The van der Waals surface area contributed by atoms with Gasteiger partial charge >= 0.3 is 6.09 Å². The van der Waals surface area contributed by atoms with Gasteiger partial charge < -0.3 is 10.1 Å². The second kappa shape index (κ2) is 6.69. The zero-order valence-electron chi connectivity index (χ0n) is 14.0. The van der Waals surface area contributed by atoms with E-state index in [0.717, 1.165) is 16.3 Å². The zero-order valence-corrected chi connectivity index (χ0v) is 14.9. The molecule has 1 aromatic heterocycles. The molecule has 0 spiro atoms. The topological polar surface area (TPSA) is 51.2 Å². The predicted molar refractivity (Wildman–Crippen MR) is 87.7 cm³/mol. The molecule has 5 heteroatoms. The van der Waals surface area contributed by atoms with Crippen molar-refractivity contribution >= 4 is 17.9 Å². The summed E-state index contributed by atoms with van der Waals surface area (Å²) in [7, 11) is 0. The number of hydrogen-bond donors (Lipinski definition) is 1. The third-order valence-electron chi connectivity index (χ3n) is 2.40. The van der Waals surface area contributed by atoms with Crippen LogP contribution in [0.25, 0.3) is 0 Å². The maximum absolute atomic E-state index is 11.6. The lowest BCUT2D eigenvalue weighted by Crippen LogP contribution is -2.32. The molecule has 0 aromatic carbocycles. The van der Waals surface area contributed by atoms with Gasteiger partial charge in [0.15, 0.2) is 0 Å². The Balaban J connectivity index is 2.63. The molecule has 21 heavy (non-hydrogen) atoms. The number of thioether (sulfide) groups is 1. The van der Waals surface area contributed by atoms with Gasteiger partial charge in [-0.25, -0.2) is 9.78 Å². The highest BCUT2D eigenvalue weighted by atomic mass is 32.2. The molecule has 1 rings (SSSR count). The van der Waals surface area contributed by atoms with Crippen LogP contribution < -0.4 is 5.32 Å². The van der Waals surface area contributed by atoms with Gasteiger partial charge in [0.05, 0.1) is 5.03 Å². The summed E-state index contributed by atoms with van der Waals surface area (Å²) >= 11 is 1.73. The molecular formula is C16H26N2O2S. The number of pyridine rings is 1. The Bertz CT molecular complexity index is 502. The smallest absolute Gasteiger partial charge is 0.407 e. The van der Waals surface area contributed by atoms with Crippen molar-refractivity contribution in [2.24, 2.45) is 0 Å². The Morgan fingerprint density at radius 3 is 2.33 bits per heavy atom. The van der Waals surface area contributed by atoms with Gasteiger partial charge in [0.2, 0.25) is 0 Å². The van der Waals surface area contributed by atoms with E-state index in [0.29, 0.717) is 6.54 Å². The predicted octanol–water partition coefficient (Wildman–Crippen LogP) is 4.31. The molecule has 0 bridgehead atoms. The summed E-state index contributed by atoms with van der Waals surface area (Å²) in [4.78, 5) is 16.2. The number of carbonyl (C=O) groups excluding carboxylic acids is 1. The first kappa shape index (κ1) is 17.8. The van der Waals surface area contributed by atoms with Crippen LogP contribution in [-0.2, 0) is 11.3 Å². The number of aromatic nitrogens is 1. The quantitative estimate of drug-likeness (QED) is 0.845. The fourth-order valence-electron chi connectivity index (χ4n) is 1.61. The molecule has 0 saturated carbocycles.